The molecule has 1 heterocycles. The number of aromatic nitrogens is 1. The van der Waals surface area contributed by atoms with Crippen molar-refractivity contribution < 1.29 is 4.39 Å². The van der Waals surface area contributed by atoms with E-state index >= 15 is 0 Å². The first-order valence-corrected chi connectivity index (χ1v) is 11.1. The van der Waals surface area contributed by atoms with Crippen molar-refractivity contribution in [2.75, 3.05) is 0 Å². The summed E-state index contributed by atoms with van der Waals surface area (Å²) in [6.45, 7) is 4.39. The van der Waals surface area contributed by atoms with Gasteiger partial charge in [0.25, 0.3) is 0 Å². The van der Waals surface area contributed by atoms with Gasteiger partial charge in [-0.05, 0) is 54.5 Å². The van der Waals surface area contributed by atoms with Crippen LogP contribution in [0.4, 0.5) is 4.39 Å². The molecular weight excluding hydrogens is 357 g/mol. The first kappa shape index (κ1) is 21.2. The number of hydrogen-bond donors (Lipinski definition) is 0. The highest BCUT2D eigenvalue weighted by atomic mass is 19.1. The summed E-state index contributed by atoms with van der Waals surface area (Å²) in [5, 5.41) is 0. The van der Waals surface area contributed by atoms with Gasteiger partial charge in [-0.1, -0.05) is 82.0 Å². The maximum Gasteiger partial charge on any atom is 0.131 e. The van der Waals surface area contributed by atoms with Crippen molar-refractivity contribution >= 4 is 0 Å². The van der Waals surface area contributed by atoms with Crippen LogP contribution in [0.1, 0.15) is 63.6 Å². The molecule has 1 nitrogen and oxygen atoms in total. The van der Waals surface area contributed by atoms with E-state index in [1.165, 1.54) is 25.7 Å². The molecule has 1 aromatic heterocycles. The molecule has 0 spiro atoms. The van der Waals surface area contributed by atoms with Crippen LogP contribution in [0.25, 0.3) is 22.3 Å². The molecular formula is C27H32FN. The highest BCUT2D eigenvalue weighted by Gasteiger charge is 2.07. The van der Waals surface area contributed by atoms with E-state index in [0.29, 0.717) is 5.56 Å². The second-order valence-corrected chi connectivity index (χ2v) is 7.84. The molecule has 3 aromatic rings. The summed E-state index contributed by atoms with van der Waals surface area (Å²) in [6.07, 6.45) is 11.2. The van der Waals surface area contributed by atoms with Crippen LogP contribution in [-0.4, -0.2) is 4.98 Å². The minimum Gasteiger partial charge on any atom is -0.261 e. The molecule has 0 fully saturated rings. The van der Waals surface area contributed by atoms with Crippen LogP contribution in [-0.2, 0) is 12.8 Å². The molecule has 0 N–H and O–H groups in total. The number of pyridine rings is 1. The van der Waals surface area contributed by atoms with E-state index in [2.05, 4.69) is 43.1 Å². The topological polar surface area (TPSA) is 12.9 Å². The summed E-state index contributed by atoms with van der Waals surface area (Å²) in [5.74, 6) is -0.138. The molecule has 0 aliphatic heterocycles. The fourth-order valence-corrected chi connectivity index (χ4v) is 3.65. The number of nitrogens with zero attached hydrogens (tertiary/aromatic N) is 1. The molecule has 0 saturated heterocycles. The first-order valence-electron chi connectivity index (χ1n) is 11.1. The molecule has 3 rings (SSSR count). The van der Waals surface area contributed by atoms with Crippen LogP contribution in [0.2, 0.25) is 0 Å². The Morgan fingerprint density at radius 2 is 1.41 bits per heavy atom. The van der Waals surface area contributed by atoms with Crippen LogP contribution in [0.5, 0.6) is 0 Å². The maximum atomic E-state index is 14.6. The van der Waals surface area contributed by atoms with Crippen LogP contribution in [0.15, 0.2) is 60.8 Å². The maximum absolute atomic E-state index is 14.6. The Morgan fingerprint density at radius 3 is 2.07 bits per heavy atom. The Morgan fingerprint density at radius 1 is 0.690 bits per heavy atom. The number of halogens is 1. The zero-order valence-corrected chi connectivity index (χ0v) is 17.8. The highest BCUT2D eigenvalue weighted by Crippen LogP contribution is 2.27. The predicted octanol–water partition coefficient (Wildman–Crippen LogP) is 8.02. The van der Waals surface area contributed by atoms with E-state index in [9.17, 15) is 4.39 Å². The van der Waals surface area contributed by atoms with Crippen molar-refractivity contribution in [1.82, 2.24) is 4.98 Å². The van der Waals surface area contributed by atoms with Crippen LogP contribution >= 0.6 is 0 Å². The Bertz CT molecular complexity index is 881. The largest absolute Gasteiger partial charge is 0.261 e. The summed E-state index contributed by atoms with van der Waals surface area (Å²) < 4.78 is 14.6. The lowest BCUT2D eigenvalue weighted by atomic mass is 9.98. The molecule has 29 heavy (non-hydrogen) atoms. The lowest BCUT2D eigenvalue weighted by Gasteiger charge is -2.08. The Balaban J connectivity index is 1.67. The quantitative estimate of drug-likeness (QED) is 0.320. The molecule has 2 aromatic carbocycles. The zero-order valence-electron chi connectivity index (χ0n) is 17.8. The normalized spacial score (nSPS) is 11.0. The van der Waals surface area contributed by atoms with E-state index in [-0.39, 0.29) is 5.82 Å². The van der Waals surface area contributed by atoms with Crippen molar-refractivity contribution in [1.29, 1.82) is 0 Å². The predicted molar refractivity (Wildman–Crippen MR) is 122 cm³/mol. The lowest BCUT2D eigenvalue weighted by molar-refractivity contribution is 0.627. The van der Waals surface area contributed by atoms with E-state index in [1.54, 1.807) is 6.07 Å². The Labute approximate surface area is 175 Å². The number of rotatable bonds is 10. The van der Waals surface area contributed by atoms with Gasteiger partial charge in [-0.25, -0.2) is 4.39 Å². The van der Waals surface area contributed by atoms with Crippen LogP contribution in [0, 0.1) is 5.82 Å². The van der Waals surface area contributed by atoms with Gasteiger partial charge in [0.1, 0.15) is 5.82 Å². The minimum atomic E-state index is -0.138. The van der Waals surface area contributed by atoms with Crippen LogP contribution in [0.3, 0.4) is 0 Å². The smallest absolute Gasteiger partial charge is 0.131 e. The third-order valence-electron chi connectivity index (χ3n) is 5.49. The fourth-order valence-electron chi connectivity index (χ4n) is 3.65. The van der Waals surface area contributed by atoms with Crippen LogP contribution < -0.4 is 0 Å². The first-order chi connectivity index (χ1) is 14.2. The van der Waals surface area contributed by atoms with Gasteiger partial charge in [-0.3, -0.25) is 4.98 Å². The number of aryl methyl sites for hydroxylation is 2. The molecule has 0 aliphatic rings. The van der Waals surface area contributed by atoms with Gasteiger partial charge in [0.15, 0.2) is 0 Å². The van der Waals surface area contributed by atoms with E-state index in [4.69, 9.17) is 0 Å². The van der Waals surface area contributed by atoms with Gasteiger partial charge >= 0.3 is 0 Å². The average Bonchev–Trinajstić information content (AvgIpc) is 2.76. The average molecular weight is 390 g/mol. The summed E-state index contributed by atoms with van der Waals surface area (Å²) in [7, 11) is 0. The van der Waals surface area contributed by atoms with Gasteiger partial charge in [-0.15, -0.1) is 0 Å². The minimum absolute atomic E-state index is 0.138. The monoisotopic (exact) mass is 389 g/mol. The summed E-state index contributed by atoms with van der Waals surface area (Å²) in [5.41, 5.74) is 6.02. The van der Waals surface area contributed by atoms with E-state index < -0.39 is 0 Å². The zero-order chi connectivity index (χ0) is 20.5. The fraction of sp³-hybridized carbons (Fsp3) is 0.370. The second kappa shape index (κ2) is 10.9. The summed E-state index contributed by atoms with van der Waals surface area (Å²) >= 11 is 0. The van der Waals surface area contributed by atoms with Crippen molar-refractivity contribution in [3.05, 3.63) is 77.9 Å². The van der Waals surface area contributed by atoms with Crippen molar-refractivity contribution in [3.8, 4) is 22.3 Å². The molecule has 2 heteroatoms. The van der Waals surface area contributed by atoms with E-state index in [1.807, 2.05) is 30.5 Å². The number of unbranched alkanes of at least 4 members (excludes halogenated alkanes) is 4. The van der Waals surface area contributed by atoms with Crippen molar-refractivity contribution in [3.63, 3.8) is 0 Å². The third-order valence-corrected chi connectivity index (χ3v) is 5.49. The van der Waals surface area contributed by atoms with Gasteiger partial charge in [-0.2, -0.15) is 0 Å². The highest BCUT2D eigenvalue weighted by molar-refractivity contribution is 5.70. The molecule has 0 amide bonds. The van der Waals surface area contributed by atoms with Gasteiger partial charge in [0, 0.05) is 23.0 Å². The standard InChI is InChI=1S/C27H32FN/c1-3-5-7-8-10-25-17-16-24(20-29-25)22-12-14-23(15-13-22)26-18-11-21(9-6-4-2)19-27(26)28/h11-20H,3-10H2,1-2H3. The Kier molecular flexibility index (Phi) is 7.98. The van der Waals surface area contributed by atoms with Crippen molar-refractivity contribution in [2.24, 2.45) is 0 Å². The molecule has 0 aliphatic carbocycles. The third kappa shape index (κ3) is 6.00. The summed E-state index contributed by atoms with van der Waals surface area (Å²) in [4.78, 5) is 4.62. The van der Waals surface area contributed by atoms with Crippen molar-refractivity contribution in [2.45, 2.75) is 65.2 Å². The molecule has 152 valence electrons. The summed E-state index contributed by atoms with van der Waals surface area (Å²) in [6, 6.07) is 18.0. The second-order valence-electron chi connectivity index (χ2n) is 7.84. The van der Waals surface area contributed by atoms with Gasteiger partial charge < -0.3 is 0 Å². The van der Waals surface area contributed by atoms with E-state index in [0.717, 1.165) is 53.6 Å². The lowest BCUT2D eigenvalue weighted by Crippen LogP contribution is -1.91. The molecule has 0 radical (unpaired) electrons. The SMILES string of the molecule is CCCCCCc1ccc(-c2ccc(-c3ccc(CCCC)cc3F)cc2)cn1. The molecule has 0 saturated carbocycles. The Hall–Kier alpha value is -2.48. The number of benzene rings is 2. The van der Waals surface area contributed by atoms with Gasteiger partial charge in [0.05, 0.1) is 0 Å². The molecule has 0 atom stereocenters. The van der Waals surface area contributed by atoms with Gasteiger partial charge in [0.2, 0.25) is 0 Å². The molecule has 0 unspecified atom stereocenters. The molecule has 0 bridgehead atoms. The number of hydrogen-bond acceptors (Lipinski definition) is 1.